The number of ether oxygens (including phenoxy) is 1. The Balaban J connectivity index is 1.64. The molecule has 0 saturated carbocycles. The lowest BCUT2D eigenvalue weighted by Gasteiger charge is -2.12. The van der Waals surface area contributed by atoms with Gasteiger partial charge in [0.2, 0.25) is 11.8 Å². The number of benzene rings is 1. The number of nitrogens with one attached hydrogen (secondary N) is 2. The van der Waals surface area contributed by atoms with Gasteiger partial charge in [-0.1, -0.05) is 24.3 Å². The molecule has 1 fully saturated rings. The Bertz CT molecular complexity index is 865. The average molecular weight is 382 g/mol. The van der Waals surface area contributed by atoms with Gasteiger partial charge in [0.1, 0.15) is 11.9 Å². The Labute approximate surface area is 162 Å². The number of nitrogens with zero attached hydrogens (tertiary/aromatic N) is 2. The van der Waals surface area contributed by atoms with Crippen molar-refractivity contribution in [1.29, 1.82) is 0 Å². The number of amides is 3. The van der Waals surface area contributed by atoms with Gasteiger partial charge in [0.25, 0.3) is 0 Å². The Morgan fingerprint density at radius 2 is 1.75 bits per heavy atom. The van der Waals surface area contributed by atoms with E-state index in [0.29, 0.717) is 18.9 Å². The first-order valence-corrected chi connectivity index (χ1v) is 8.95. The van der Waals surface area contributed by atoms with E-state index in [1.54, 1.807) is 12.3 Å². The van der Waals surface area contributed by atoms with E-state index < -0.39 is 12.2 Å². The smallest absolute Gasteiger partial charge is 0.416 e. The number of rotatable bonds is 6. The van der Waals surface area contributed by atoms with Crippen molar-refractivity contribution in [3.63, 3.8) is 0 Å². The largest absolute Gasteiger partial charge is 0.442 e. The molecule has 2 aromatic rings. The lowest BCUT2D eigenvalue weighted by molar-refractivity contribution is -0.120. The molecule has 0 unspecified atom stereocenters. The van der Waals surface area contributed by atoms with Gasteiger partial charge < -0.3 is 15.4 Å². The van der Waals surface area contributed by atoms with E-state index in [1.165, 1.54) is 18.7 Å². The highest BCUT2D eigenvalue weighted by molar-refractivity contribution is 5.89. The van der Waals surface area contributed by atoms with E-state index in [-0.39, 0.29) is 18.4 Å². The van der Waals surface area contributed by atoms with Crippen LogP contribution in [-0.4, -0.2) is 42.1 Å². The molecule has 1 saturated heterocycles. The Morgan fingerprint density at radius 1 is 1.07 bits per heavy atom. The van der Waals surface area contributed by atoms with Crippen LogP contribution in [0.15, 0.2) is 42.6 Å². The van der Waals surface area contributed by atoms with Crippen molar-refractivity contribution >= 4 is 23.7 Å². The summed E-state index contributed by atoms with van der Waals surface area (Å²) in [5.41, 5.74) is 2.91. The van der Waals surface area contributed by atoms with Crippen LogP contribution in [0, 0.1) is 0 Å². The van der Waals surface area contributed by atoms with E-state index in [1.807, 2.05) is 30.3 Å². The monoisotopic (exact) mass is 382 g/mol. The van der Waals surface area contributed by atoms with Crippen LogP contribution < -0.4 is 15.5 Å². The second-order valence-electron chi connectivity index (χ2n) is 6.57. The minimum absolute atomic E-state index is 0.0661. The van der Waals surface area contributed by atoms with Crippen molar-refractivity contribution in [3.05, 3.63) is 48.2 Å². The van der Waals surface area contributed by atoms with Gasteiger partial charge in [-0.3, -0.25) is 14.5 Å². The summed E-state index contributed by atoms with van der Waals surface area (Å²) in [5, 5.41) is 5.40. The van der Waals surface area contributed by atoms with Gasteiger partial charge in [-0.25, -0.2) is 9.78 Å². The molecule has 8 heteroatoms. The first-order chi connectivity index (χ1) is 13.4. The predicted octanol–water partition coefficient (Wildman–Crippen LogP) is 1.85. The van der Waals surface area contributed by atoms with Crippen molar-refractivity contribution in [3.8, 4) is 11.1 Å². The van der Waals surface area contributed by atoms with E-state index in [0.717, 1.165) is 16.7 Å². The van der Waals surface area contributed by atoms with Gasteiger partial charge in [-0.05, 0) is 23.3 Å². The number of pyridine rings is 1. The minimum atomic E-state index is -0.474. The predicted molar refractivity (Wildman–Crippen MR) is 103 cm³/mol. The number of anilines is 1. The molecule has 0 aliphatic carbocycles. The highest BCUT2D eigenvalue weighted by atomic mass is 16.6. The maximum atomic E-state index is 12.1. The highest BCUT2D eigenvalue weighted by Gasteiger charge is 2.33. The average Bonchev–Trinajstić information content (AvgIpc) is 3.06. The van der Waals surface area contributed by atoms with E-state index in [4.69, 9.17) is 4.74 Å². The lowest BCUT2D eigenvalue weighted by atomic mass is 10.1. The molecular formula is C20H22N4O4. The normalized spacial score (nSPS) is 15.9. The number of hydrogen-bond acceptors (Lipinski definition) is 5. The van der Waals surface area contributed by atoms with Gasteiger partial charge in [0.05, 0.1) is 13.1 Å². The molecule has 2 N–H and O–H groups in total. The van der Waals surface area contributed by atoms with E-state index in [9.17, 15) is 14.4 Å². The number of carbonyl (C=O) groups excluding carboxylic acids is 3. The Kier molecular flexibility index (Phi) is 5.88. The molecule has 0 radical (unpaired) electrons. The van der Waals surface area contributed by atoms with Crippen LogP contribution in [0.25, 0.3) is 11.1 Å². The van der Waals surface area contributed by atoms with Crippen LogP contribution in [0.3, 0.4) is 0 Å². The third kappa shape index (κ3) is 4.85. The van der Waals surface area contributed by atoms with E-state index >= 15 is 0 Å². The first kappa shape index (κ1) is 19.3. The molecule has 28 heavy (non-hydrogen) atoms. The third-order valence-corrected chi connectivity index (χ3v) is 4.31. The third-order valence-electron chi connectivity index (χ3n) is 4.31. The van der Waals surface area contributed by atoms with Gasteiger partial charge in [0.15, 0.2) is 0 Å². The lowest BCUT2D eigenvalue weighted by Crippen LogP contribution is -2.33. The Morgan fingerprint density at radius 3 is 2.36 bits per heavy atom. The molecule has 0 bridgehead atoms. The molecule has 3 rings (SSSR count). The van der Waals surface area contributed by atoms with Gasteiger partial charge >= 0.3 is 6.09 Å². The summed E-state index contributed by atoms with van der Waals surface area (Å²) in [4.78, 5) is 39.9. The molecule has 0 spiro atoms. The maximum Gasteiger partial charge on any atom is 0.416 e. The molecule has 1 atom stereocenters. The van der Waals surface area contributed by atoms with Gasteiger partial charge in [0, 0.05) is 32.2 Å². The first-order valence-electron chi connectivity index (χ1n) is 8.95. The van der Waals surface area contributed by atoms with Crippen LogP contribution in [0.1, 0.15) is 19.4 Å². The Hall–Kier alpha value is -3.42. The van der Waals surface area contributed by atoms with Crippen molar-refractivity contribution in [2.75, 3.05) is 18.0 Å². The molecule has 1 aliphatic heterocycles. The molecule has 8 nitrogen and oxygen atoms in total. The number of hydrogen-bond donors (Lipinski definition) is 2. The summed E-state index contributed by atoms with van der Waals surface area (Å²) in [5.74, 6) is 0.269. The zero-order valence-electron chi connectivity index (χ0n) is 15.8. The minimum Gasteiger partial charge on any atom is -0.442 e. The second kappa shape index (κ2) is 8.51. The summed E-state index contributed by atoms with van der Waals surface area (Å²) in [6.45, 7) is 4.01. The second-order valence-corrected chi connectivity index (χ2v) is 6.57. The van der Waals surface area contributed by atoms with Crippen LogP contribution in [-0.2, 0) is 20.9 Å². The van der Waals surface area contributed by atoms with Crippen molar-refractivity contribution in [2.45, 2.75) is 26.5 Å². The van der Waals surface area contributed by atoms with Crippen LogP contribution in [0.5, 0.6) is 0 Å². The summed E-state index contributed by atoms with van der Waals surface area (Å²) < 4.78 is 5.25. The van der Waals surface area contributed by atoms with Crippen molar-refractivity contribution < 1.29 is 19.1 Å². The zero-order chi connectivity index (χ0) is 20.1. The zero-order valence-corrected chi connectivity index (χ0v) is 15.8. The molecule has 1 aromatic carbocycles. The molecule has 1 aromatic heterocycles. The van der Waals surface area contributed by atoms with Crippen molar-refractivity contribution in [1.82, 2.24) is 15.6 Å². The maximum absolute atomic E-state index is 12.1. The fourth-order valence-electron chi connectivity index (χ4n) is 2.83. The topological polar surface area (TPSA) is 101 Å². The number of aromatic nitrogens is 1. The molecule has 1 aliphatic rings. The quantitative estimate of drug-likeness (QED) is 0.794. The van der Waals surface area contributed by atoms with E-state index in [2.05, 4.69) is 15.6 Å². The molecule has 146 valence electrons. The summed E-state index contributed by atoms with van der Waals surface area (Å²) in [6.07, 6.45) is 0.832. The molecular weight excluding hydrogens is 360 g/mol. The van der Waals surface area contributed by atoms with Gasteiger partial charge in [-0.2, -0.15) is 0 Å². The van der Waals surface area contributed by atoms with Gasteiger partial charge in [-0.15, -0.1) is 0 Å². The van der Waals surface area contributed by atoms with Crippen LogP contribution in [0.4, 0.5) is 10.6 Å². The standard InChI is InChI=1S/C20H22N4O4/c1-13(25)21-9-15-3-5-16(6-4-15)17-7-8-19(23-10-17)24-12-18(28-20(24)27)11-22-14(2)26/h3-8,10,18H,9,11-12H2,1-2H3,(H,21,25)(H,22,26)/t18-/m0/s1. The summed E-state index contributed by atoms with van der Waals surface area (Å²) in [6, 6.07) is 11.5. The highest BCUT2D eigenvalue weighted by Crippen LogP contribution is 2.24. The van der Waals surface area contributed by atoms with Crippen molar-refractivity contribution in [2.24, 2.45) is 0 Å². The molecule has 3 amide bonds. The SMILES string of the molecule is CC(=O)NCc1ccc(-c2ccc(N3C[C@H](CNC(C)=O)OC3=O)nc2)cc1. The molecule has 2 heterocycles. The number of cyclic esters (lactones) is 1. The fourth-order valence-corrected chi connectivity index (χ4v) is 2.83. The van der Waals surface area contributed by atoms with Crippen LogP contribution in [0.2, 0.25) is 0 Å². The summed E-state index contributed by atoms with van der Waals surface area (Å²) in [7, 11) is 0. The number of carbonyl (C=O) groups is 3. The summed E-state index contributed by atoms with van der Waals surface area (Å²) >= 11 is 0. The fraction of sp³-hybridized carbons (Fsp3) is 0.300. The van der Waals surface area contributed by atoms with Crippen LogP contribution >= 0.6 is 0 Å².